The van der Waals surface area contributed by atoms with E-state index in [1.807, 2.05) is 60.7 Å². The van der Waals surface area contributed by atoms with Crippen molar-refractivity contribution in [1.82, 2.24) is 0 Å². The molecule has 0 atom stereocenters. The first kappa shape index (κ1) is 17.7. The smallest absolute Gasteiger partial charge is 0.268 e. The topological polar surface area (TPSA) is 15.6 Å². The van der Waals surface area contributed by atoms with Gasteiger partial charge in [0.1, 0.15) is 0 Å². The monoisotopic (exact) mass is 354 g/mol. The summed E-state index contributed by atoms with van der Waals surface area (Å²) in [5, 5.41) is 6.23. The highest BCUT2D eigenvalue weighted by Gasteiger charge is 2.30. The molecule has 26 heavy (non-hydrogen) atoms. The molecule has 132 valence electrons. The van der Waals surface area contributed by atoms with Crippen LogP contribution in [0.3, 0.4) is 0 Å². The lowest BCUT2D eigenvalue weighted by Gasteiger charge is -2.17. The maximum absolute atomic E-state index is 12.7. The van der Waals surface area contributed by atoms with Crippen molar-refractivity contribution in [2.24, 2.45) is 5.10 Å². The number of alkyl halides is 3. The van der Waals surface area contributed by atoms with E-state index in [2.05, 4.69) is 5.10 Å². The Kier molecular flexibility index (Phi) is 5.07. The van der Waals surface area contributed by atoms with E-state index in [-0.39, 0.29) is 0 Å². The van der Waals surface area contributed by atoms with Crippen LogP contribution < -0.4 is 5.01 Å². The molecule has 0 saturated heterocycles. The molecule has 0 heterocycles. The highest BCUT2D eigenvalue weighted by molar-refractivity contribution is 6.13. The number of halogens is 3. The summed E-state index contributed by atoms with van der Waals surface area (Å²) in [6.45, 7) is 0. The molecule has 0 aliphatic carbocycles. The summed E-state index contributed by atoms with van der Waals surface area (Å²) in [6, 6.07) is 24.3. The number of benzene rings is 3. The summed E-state index contributed by atoms with van der Waals surface area (Å²) in [6.07, 6.45) is -4.35. The maximum Gasteiger partial charge on any atom is 0.416 e. The summed E-state index contributed by atoms with van der Waals surface area (Å²) in [5.41, 5.74) is 2.50. The molecule has 3 rings (SSSR count). The van der Waals surface area contributed by atoms with Crippen molar-refractivity contribution < 1.29 is 13.2 Å². The quantitative estimate of drug-likeness (QED) is 0.440. The first-order valence-corrected chi connectivity index (χ1v) is 8.05. The Hall–Kier alpha value is -3.08. The second-order valence-corrected chi connectivity index (χ2v) is 5.75. The molecule has 0 aromatic heterocycles. The molecule has 0 aliphatic rings. The van der Waals surface area contributed by atoms with Gasteiger partial charge < -0.3 is 0 Å². The predicted molar refractivity (Wildman–Crippen MR) is 98.4 cm³/mol. The van der Waals surface area contributed by atoms with Gasteiger partial charge >= 0.3 is 6.18 Å². The lowest BCUT2D eigenvalue weighted by molar-refractivity contribution is -0.137. The summed E-state index contributed by atoms with van der Waals surface area (Å²) < 4.78 is 38.2. The van der Waals surface area contributed by atoms with Gasteiger partial charge in [-0.1, -0.05) is 60.7 Å². The predicted octanol–water partition coefficient (Wildman–Crippen LogP) is 5.59. The van der Waals surface area contributed by atoms with Crippen molar-refractivity contribution >= 4 is 11.4 Å². The lowest BCUT2D eigenvalue weighted by atomic mass is 10.0. The van der Waals surface area contributed by atoms with Crippen LogP contribution in [0.25, 0.3) is 0 Å². The highest BCUT2D eigenvalue weighted by Crippen LogP contribution is 2.30. The third-order valence-corrected chi connectivity index (χ3v) is 3.91. The summed E-state index contributed by atoms with van der Waals surface area (Å²) >= 11 is 0. The Morgan fingerprint density at radius 3 is 1.62 bits per heavy atom. The SMILES string of the molecule is CN(N=C(c1ccccc1)c1ccccc1)c1ccc(C(F)(F)F)cc1. The van der Waals surface area contributed by atoms with E-state index in [1.165, 1.54) is 12.1 Å². The van der Waals surface area contributed by atoms with Gasteiger partial charge in [-0.05, 0) is 24.3 Å². The molecule has 0 amide bonds. The number of hydrazone groups is 1. The average molecular weight is 354 g/mol. The molecule has 5 heteroatoms. The van der Waals surface area contributed by atoms with Gasteiger partial charge in [0.15, 0.2) is 0 Å². The van der Waals surface area contributed by atoms with Crippen molar-refractivity contribution in [2.75, 3.05) is 12.1 Å². The van der Waals surface area contributed by atoms with E-state index in [1.54, 1.807) is 12.1 Å². The van der Waals surface area contributed by atoms with Crippen LogP contribution in [-0.4, -0.2) is 12.8 Å². The number of rotatable bonds is 4. The van der Waals surface area contributed by atoms with Crippen LogP contribution in [0.1, 0.15) is 16.7 Å². The lowest BCUT2D eigenvalue weighted by Crippen LogP contribution is -2.15. The van der Waals surface area contributed by atoms with Crippen molar-refractivity contribution in [1.29, 1.82) is 0 Å². The van der Waals surface area contributed by atoms with E-state index in [0.717, 1.165) is 29.0 Å². The number of nitrogens with zero attached hydrogens (tertiary/aromatic N) is 2. The summed E-state index contributed by atoms with van der Waals surface area (Å²) in [5.74, 6) is 0. The minimum atomic E-state index is -4.35. The van der Waals surface area contributed by atoms with E-state index < -0.39 is 11.7 Å². The fraction of sp³-hybridized carbons (Fsp3) is 0.0952. The van der Waals surface area contributed by atoms with Gasteiger partial charge in [-0.15, -0.1) is 0 Å². The van der Waals surface area contributed by atoms with Gasteiger partial charge in [0.25, 0.3) is 0 Å². The van der Waals surface area contributed by atoms with E-state index >= 15 is 0 Å². The second kappa shape index (κ2) is 7.44. The Morgan fingerprint density at radius 1 is 0.731 bits per heavy atom. The molecule has 0 N–H and O–H groups in total. The molecule has 0 saturated carbocycles. The van der Waals surface area contributed by atoms with Crippen LogP contribution >= 0.6 is 0 Å². The molecule has 3 aromatic rings. The summed E-state index contributed by atoms with van der Waals surface area (Å²) in [7, 11) is 1.72. The van der Waals surface area contributed by atoms with E-state index in [9.17, 15) is 13.2 Å². The van der Waals surface area contributed by atoms with Crippen LogP contribution in [0.4, 0.5) is 18.9 Å². The molecular formula is C21H17F3N2. The van der Waals surface area contributed by atoms with Crippen LogP contribution in [-0.2, 0) is 6.18 Å². The van der Waals surface area contributed by atoms with Crippen molar-refractivity contribution in [3.63, 3.8) is 0 Å². The molecule has 0 radical (unpaired) electrons. The normalized spacial score (nSPS) is 11.1. The molecule has 2 nitrogen and oxygen atoms in total. The van der Waals surface area contributed by atoms with Gasteiger partial charge in [0.2, 0.25) is 0 Å². The minimum absolute atomic E-state index is 0.572. The van der Waals surface area contributed by atoms with Crippen molar-refractivity contribution in [2.45, 2.75) is 6.18 Å². The van der Waals surface area contributed by atoms with Crippen LogP contribution in [0, 0.1) is 0 Å². The molecule has 0 aliphatic heterocycles. The fourth-order valence-corrected chi connectivity index (χ4v) is 2.55. The van der Waals surface area contributed by atoms with Gasteiger partial charge in [-0.2, -0.15) is 18.3 Å². The van der Waals surface area contributed by atoms with Crippen molar-refractivity contribution in [3.8, 4) is 0 Å². The van der Waals surface area contributed by atoms with Crippen LogP contribution in [0.15, 0.2) is 90.0 Å². The first-order chi connectivity index (χ1) is 12.4. The number of hydrogen-bond acceptors (Lipinski definition) is 2. The molecule has 3 aromatic carbocycles. The largest absolute Gasteiger partial charge is 0.416 e. The second-order valence-electron chi connectivity index (χ2n) is 5.75. The molecule has 0 spiro atoms. The van der Waals surface area contributed by atoms with Crippen LogP contribution in [0.5, 0.6) is 0 Å². The van der Waals surface area contributed by atoms with Gasteiger partial charge in [0, 0.05) is 18.2 Å². The minimum Gasteiger partial charge on any atom is -0.268 e. The van der Waals surface area contributed by atoms with Crippen molar-refractivity contribution in [3.05, 3.63) is 102 Å². The Morgan fingerprint density at radius 2 is 1.19 bits per heavy atom. The van der Waals surface area contributed by atoms with Gasteiger partial charge in [0.05, 0.1) is 17.0 Å². The summed E-state index contributed by atoms with van der Waals surface area (Å²) in [4.78, 5) is 0. The van der Waals surface area contributed by atoms with Gasteiger partial charge in [-0.25, -0.2) is 0 Å². The molecular weight excluding hydrogens is 337 g/mol. The Labute approximate surface area is 150 Å². The zero-order valence-corrected chi connectivity index (χ0v) is 14.1. The third kappa shape index (κ3) is 4.11. The Balaban J connectivity index is 1.97. The average Bonchev–Trinajstić information content (AvgIpc) is 2.67. The highest BCUT2D eigenvalue weighted by atomic mass is 19.4. The Bertz CT molecular complexity index is 829. The third-order valence-electron chi connectivity index (χ3n) is 3.91. The molecule has 0 unspecified atom stereocenters. The number of hydrogen-bond donors (Lipinski definition) is 0. The zero-order chi connectivity index (χ0) is 18.6. The standard InChI is InChI=1S/C21H17F3N2/c1-26(19-14-12-18(13-15-19)21(22,23)24)25-20(16-8-4-2-5-9-16)17-10-6-3-7-11-17/h2-15H,1H3. The zero-order valence-electron chi connectivity index (χ0n) is 14.1. The first-order valence-electron chi connectivity index (χ1n) is 8.05. The van der Waals surface area contributed by atoms with E-state index in [0.29, 0.717) is 5.69 Å². The number of anilines is 1. The van der Waals surface area contributed by atoms with E-state index in [4.69, 9.17) is 0 Å². The molecule has 0 bridgehead atoms. The molecule has 0 fully saturated rings. The maximum atomic E-state index is 12.7. The van der Waals surface area contributed by atoms with Gasteiger partial charge in [-0.3, -0.25) is 5.01 Å². The van der Waals surface area contributed by atoms with Crippen LogP contribution in [0.2, 0.25) is 0 Å². The fourth-order valence-electron chi connectivity index (χ4n) is 2.55.